The SMILES string of the molecule is O/N=C(/Nc1ccc(F)c(Cl)c1)c1ccnc2nc(NCCN3CCCC3)[nH]c12. The molecule has 1 aliphatic rings. The molecule has 10 heteroatoms. The van der Waals surface area contributed by atoms with E-state index >= 15 is 0 Å². The minimum atomic E-state index is -0.524. The lowest BCUT2D eigenvalue weighted by Crippen LogP contribution is -2.26. The molecule has 1 saturated heterocycles. The Morgan fingerprint density at radius 1 is 1.31 bits per heavy atom. The van der Waals surface area contributed by atoms with Crippen LogP contribution < -0.4 is 10.6 Å². The van der Waals surface area contributed by atoms with E-state index in [4.69, 9.17) is 11.6 Å². The zero-order valence-electron chi connectivity index (χ0n) is 15.6. The summed E-state index contributed by atoms with van der Waals surface area (Å²) in [5.41, 5.74) is 2.16. The lowest BCUT2D eigenvalue weighted by Gasteiger charge is -2.14. The van der Waals surface area contributed by atoms with Gasteiger partial charge in [-0.3, -0.25) is 0 Å². The Bertz CT molecular complexity index is 1030. The quantitative estimate of drug-likeness (QED) is 0.212. The van der Waals surface area contributed by atoms with Crippen molar-refractivity contribution >= 4 is 40.2 Å². The summed E-state index contributed by atoms with van der Waals surface area (Å²) < 4.78 is 13.4. The molecule has 2 aromatic heterocycles. The number of hydrogen-bond acceptors (Lipinski definition) is 6. The van der Waals surface area contributed by atoms with Gasteiger partial charge in [0.15, 0.2) is 11.5 Å². The van der Waals surface area contributed by atoms with Gasteiger partial charge in [0.25, 0.3) is 0 Å². The van der Waals surface area contributed by atoms with Crippen molar-refractivity contribution < 1.29 is 9.60 Å². The summed E-state index contributed by atoms with van der Waals surface area (Å²) in [6.07, 6.45) is 4.10. The lowest BCUT2D eigenvalue weighted by molar-refractivity contribution is 0.319. The molecule has 3 heterocycles. The van der Waals surface area contributed by atoms with Crippen LogP contribution in [-0.2, 0) is 0 Å². The molecule has 3 aromatic rings. The average molecular weight is 418 g/mol. The molecule has 0 radical (unpaired) electrons. The number of aromatic amines is 1. The van der Waals surface area contributed by atoms with E-state index in [2.05, 4.69) is 35.6 Å². The fourth-order valence-electron chi connectivity index (χ4n) is 3.39. The second kappa shape index (κ2) is 8.62. The molecule has 0 aliphatic carbocycles. The zero-order chi connectivity index (χ0) is 20.2. The van der Waals surface area contributed by atoms with Gasteiger partial charge in [0, 0.05) is 30.5 Å². The molecule has 0 saturated carbocycles. The Morgan fingerprint density at radius 2 is 2.14 bits per heavy atom. The standard InChI is InChI=1S/C19H21ClFN7O/c20-14-11-12(3-4-15(14)21)24-17(27-29)13-5-6-22-18-16(13)25-19(26-18)23-7-10-28-8-1-2-9-28/h3-6,11,29H,1-2,7-10H2,(H,24,27)(H2,22,23,25,26). The fourth-order valence-corrected chi connectivity index (χ4v) is 3.57. The molecule has 1 aliphatic heterocycles. The van der Waals surface area contributed by atoms with Crippen molar-refractivity contribution in [3.63, 3.8) is 0 Å². The minimum absolute atomic E-state index is 0.0295. The van der Waals surface area contributed by atoms with Crippen LogP contribution >= 0.6 is 11.6 Å². The van der Waals surface area contributed by atoms with Gasteiger partial charge in [0.05, 0.1) is 10.5 Å². The van der Waals surface area contributed by atoms with Gasteiger partial charge in [-0.2, -0.15) is 4.98 Å². The predicted molar refractivity (Wildman–Crippen MR) is 111 cm³/mol. The van der Waals surface area contributed by atoms with Crippen molar-refractivity contribution in [1.82, 2.24) is 19.9 Å². The number of H-pyrrole nitrogens is 1. The Balaban J connectivity index is 1.52. The van der Waals surface area contributed by atoms with Gasteiger partial charge in [-0.05, 0) is 50.2 Å². The Kier molecular flexibility index (Phi) is 5.77. The molecule has 0 atom stereocenters. The van der Waals surface area contributed by atoms with Crippen LogP contribution in [0, 0.1) is 5.82 Å². The summed E-state index contributed by atoms with van der Waals surface area (Å²) >= 11 is 5.83. The van der Waals surface area contributed by atoms with E-state index in [0.717, 1.165) is 26.2 Å². The van der Waals surface area contributed by atoms with Crippen LogP contribution in [0.1, 0.15) is 18.4 Å². The maximum atomic E-state index is 13.4. The van der Waals surface area contributed by atoms with E-state index in [9.17, 15) is 9.60 Å². The Morgan fingerprint density at radius 3 is 2.90 bits per heavy atom. The number of anilines is 2. The van der Waals surface area contributed by atoms with E-state index in [0.29, 0.717) is 28.4 Å². The molecular formula is C19H21ClFN7O. The van der Waals surface area contributed by atoms with Crippen LogP contribution in [0.5, 0.6) is 0 Å². The van der Waals surface area contributed by atoms with Gasteiger partial charge in [0.1, 0.15) is 5.82 Å². The van der Waals surface area contributed by atoms with Crippen LogP contribution in [0.2, 0.25) is 5.02 Å². The third kappa shape index (κ3) is 4.41. The predicted octanol–water partition coefficient (Wildman–Crippen LogP) is 3.51. The molecule has 0 bridgehead atoms. The van der Waals surface area contributed by atoms with E-state index in [1.54, 1.807) is 12.3 Å². The molecule has 0 amide bonds. The molecule has 4 rings (SSSR count). The average Bonchev–Trinajstić information content (AvgIpc) is 3.38. The molecule has 8 nitrogen and oxygen atoms in total. The summed E-state index contributed by atoms with van der Waals surface area (Å²) in [6, 6.07) is 5.85. The minimum Gasteiger partial charge on any atom is -0.409 e. The number of rotatable bonds is 6. The number of halogens is 2. The maximum absolute atomic E-state index is 13.4. The lowest BCUT2D eigenvalue weighted by atomic mass is 10.2. The van der Waals surface area contributed by atoms with Crippen molar-refractivity contribution in [3.05, 3.63) is 46.9 Å². The highest BCUT2D eigenvalue weighted by molar-refractivity contribution is 6.31. The topological polar surface area (TPSA) is 101 Å². The van der Waals surface area contributed by atoms with Crippen LogP contribution in [-0.4, -0.2) is 57.1 Å². The Labute approximate surface area is 171 Å². The van der Waals surface area contributed by atoms with E-state index in [1.165, 1.54) is 31.0 Å². The summed E-state index contributed by atoms with van der Waals surface area (Å²) in [6.45, 7) is 4.00. The number of oxime groups is 1. The van der Waals surface area contributed by atoms with Gasteiger partial charge in [-0.25, -0.2) is 9.37 Å². The molecular weight excluding hydrogens is 397 g/mol. The van der Waals surface area contributed by atoms with E-state index in [-0.39, 0.29) is 10.9 Å². The van der Waals surface area contributed by atoms with Crippen molar-refractivity contribution in [3.8, 4) is 0 Å². The number of amidine groups is 1. The largest absolute Gasteiger partial charge is 0.409 e. The molecule has 0 spiro atoms. The zero-order valence-corrected chi connectivity index (χ0v) is 16.4. The van der Waals surface area contributed by atoms with E-state index < -0.39 is 5.82 Å². The van der Waals surface area contributed by atoms with E-state index in [1.807, 2.05) is 0 Å². The summed E-state index contributed by atoms with van der Waals surface area (Å²) in [7, 11) is 0. The first-order chi connectivity index (χ1) is 14.1. The van der Waals surface area contributed by atoms with Gasteiger partial charge >= 0.3 is 0 Å². The number of nitrogens with one attached hydrogen (secondary N) is 3. The number of likely N-dealkylation sites (tertiary alicyclic amines) is 1. The number of pyridine rings is 1. The first kappa shape index (κ1) is 19.4. The number of imidazole rings is 1. The van der Waals surface area contributed by atoms with Crippen molar-refractivity contribution in [2.45, 2.75) is 12.8 Å². The van der Waals surface area contributed by atoms with Gasteiger partial charge in [-0.15, -0.1) is 0 Å². The summed E-state index contributed by atoms with van der Waals surface area (Å²) in [5, 5.41) is 19.1. The molecule has 1 aromatic carbocycles. The van der Waals surface area contributed by atoms with Crippen LogP contribution in [0.25, 0.3) is 11.2 Å². The van der Waals surface area contributed by atoms with Crippen molar-refractivity contribution in [2.24, 2.45) is 5.16 Å². The summed E-state index contributed by atoms with van der Waals surface area (Å²) in [4.78, 5) is 14.3. The molecule has 29 heavy (non-hydrogen) atoms. The smallest absolute Gasteiger partial charge is 0.202 e. The van der Waals surface area contributed by atoms with Gasteiger partial charge in [-0.1, -0.05) is 16.8 Å². The highest BCUT2D eigenvalue weighted by atomic mass is 35.5. The van der Waals surface area contributed by atoms with Crippen LogP contribution in [0.3, 0.4) is 0 Å². The van der Waals surface area contributed by atoms with Gasteiger partial charge < -0.3 is 25.7 Å². The first-order valence-corrected chi connectivity index (χ1v) is 9.77. The highest BCUT2D eigenvalue weighted by Crippen LogP contribution is 2.22. The first-order valence-electron chi connectivity index (χ1n) is 9.39. The number of fused-ring (bicyclic) bond motifs is 1. The number of hydrogen-bond donors (Lipinski definition) is 4. The second-order valence-electron chi connectivity index (χ2n) is 6.82. The van der Waals surface area contributed by atoms with Crippen LogP contribution in [0.4, 0.5) is 16.0 Å². The third-order valence-electron chi connectivity index (χ3n) is 4.85. The molecule has 1 fully saturated rings. The summed E-state index contributed by atoms with van der Waals surface area (Å²) in [5.74, 6) is 0.234. The highest BCUT2D eigenvalue weighted by Gasteiger charge is 2.15. The number of aromatic nitrogens is 3. The van der Waals surface area contributed by atoms with Gasteiger partial charge in [0.2, 0.25) is 5.95 Å². The third-order valence-corrected chi connectivity index (χ3v) is 5.14. The normalized spacial score (nSPS) is 15.2. The Hall–Kier alpha value is -2.91. The number of benzene rings is 1. The fraction of sp³-hybridized carbons (Fsp3) is 0.316. The second-order valence-corrected chi connectivity index (χ2v) is 7.23. The molecule has 152 valence electrons. The van der Waals surface area contributed by atoms with Crippen molar-refractivity contribution in [2.75, 3.05) is 36.8 Å². The monoisotopic (exact) mass is 417 g/mol. The molecule has 4 N–H and O–H groups in total. The maximum Gasteiger partial charge on any atom is 0.202 e. The van der Waals surface area contributed by atoms with Crippen LogP contribution in [0.15, 0.2) is 35.6 Å². The number of nitrogens with zero attached hydrogens (tertiary/aromatic N) is 4. The van der Waals surface area contributed by atoms with Crippen molar-refractivity contribution in [1.29, 1.82) is 0 Å². The molecule has 0 unspecified atom stereocenters.